The number of hydrogen-bond acceptors (Lipinski definition) is 3. The van der Waals surface area contributed by atoms with Crippen molar-refractivity contribution in [3.8, 4) is 0 Å². The van der Waals surface area contributed by atoms with E-state index in [0.29, 0.717) is 26.2 Å². The Labute approximate surface area is 107 Å². The molecule has 1 heterocycles. The van der Waals surface area contributed by atoms with Gasteiger partial charge < -0.3 is 14.7 Å². The lowest BCUT2D eigenvalue weighted by molar-refractivity contribution is -0.141. The Morgan fingerprint density at radius 2 is 2.28 bits per heavy atom. The van der Waals surface area contributed by atoms with Crippen molar-refractivity contribution in [1.29, 1.82) is 0 Å². The second-order valence-electron chi connectivity index (χ2n) is 4.51. The Balaban J connectivity index is 2.14. The molecule has 1 aromatic carbocycles. The minimum absolute atomic E-state index is 0.318. The predicted octanol–water partition coefficient (Wildman–Crippen LogP) is 1.79. The molecule has 0 bridgehead atoms. The molecular weight excluding hydrogens is 230 g/mol. The van der Waals surface area contributed by atoms with E-state index in [1.807, 2.05) is 25.1 Å². The number of hydrogen-bond donors (Lipinski definition) is 1. The number of nitrogens with zero attached hydrogens (tertiary/aromatic N) is 1. The predicted molar refractivity (Wildman–Crippen MR) is 70.0 cm³/mol. The number of ether oxygens (including phenoxy) is 1. The maximum atomic E-state index is 11.2. The smallest absolute Gasteiger partial charge is 0.308 e. The highest BCUT2D eigenvalue weighted by molar-refractivity contribution is 5.73. The number of carboxylic acid groups (broad SMARTS) is 1. The monoisotopic (exact) mass is 249 g/mol. The number of para-hydroxylation sites is 1. The van der Waals surface area contributed by atoms with Crippen molar-refractivity contribution >= 4 is 11.7 Å². The highest BCUT2D eigenvalue weighted by Gasteiger charge is 2.28. The van der Waals surface area contributed by atoms with Crippen molar-refractivity contribution in [1.82, 2.24) is 0 Å². The maximum absolute atomic E-state index is 11.2. The van der Waals surface area contributed by atoms with Gasteiger partial charge in [0.25, 0.3) is 0 Å². The summed E-state index contributed by atoms with van der Waals surface area (Å²) in [7, 11) is 0. The molecule has 0 radical (unpaired) electrons. The van der Waals surface area contributed by atoms with Crippen molar-refractivity contribution in [2.24, 2.45) is 5.92 Å². The van der Waals surface area contributed by atoms with Crippen LogP contribution in [0.15, 0.2) is 24.3 Å². The van der Waals surface area contributed by atoms with Gasteiger partial charge in [-0.15, -0.1) is 0 Å². The molecule has 1 atom stereocenters. The van der Waals surface area contributed by atoms with Crippen LogP contribution in [0.5, 0.6) is 0 Å². The molecule has 0 saturated carbocycles. The van der Waals surface area contributed by atoms with Crippen molar-refractivity contribution < 1.29 is 14.6 Å². The third-order valence-corrected chi connectivity index (χ3v) is 3.30. The van der Waals surface area contributed by atoms with Gasteiger partial charge >= 0.3 is 5.97 Å². The van der Waals surface area contributed by atoms with Crippen molar-refractivity contribution in [2.45, 2.75) is 13.3 Å². The van der Waals surface area contributed by atoms with Crippen molar-refractivity contribution in [2.75, 3.05) is 31.2 Å². The number of benzene rings is 1. The summed E-state index contributed by atoms with van der Waals surface area (Å²) in [6, 6.07) is 8.02. The van der Waals surface area contributed by atoms with Crippen LogP contribution in [0.1, 0.15) is 12.5 Å². The van der Waals surface area contributed by atoms with Gasteiger partial charge in [-0.2, -0.15) is 0 Å². The Hall–Kier alpha value is -1.55. The fourth-order valence-corrected chi connectivity index (χ4v) is 2.38. The van der Waals surface area contributed by atoms with Crippen LogP contribution in [0.25, 0.3) is 0 Å². The first-order valence-electron chi connectivity index (χ1n) is 6.35. The van der Waals surface area contributed by atoms with Crippen LogP contribution in [-0.4, -0.2) is 37.4 Å². The van der Waals surface area contributed by atoms with Crippen LogP contribution in [0.3, 0.4) is 0 Å². The average molecular weight is 249 g/mol. The molecule has 18 heavy (non-hydrogen) atoms. The van der Waals surface area contributed by atoms with Crippen LogP contribution < -0.4 is 4.90 Å². The summed E-state index contributed by atoms with van der Waals surface area (Å²) in [5.74, 6) is -1.03. The number of rotatable bonds is 5. The second kappa shape index (κ2) is 5.87. The van der Waals surface area contributed by atoms with E-state index in [4.69, 9.17) is 4.74 Å². The second-order valence-corrected chi connectivity index (χ2v) is 4.51. The summed E-state index contributed by atoms with van der Waals surface area (Å²) in [6.45, 7) is 4.60. The Morgan fingerprint density at radius 1 is 1.50 bits per heavy atom. The zero-order valence-corrected chi connectivity index (χ0v) is 10.6. The molecule has 0 saturated heterocycles. The molecule has 4 heteroatoms. The van der Waals surface area contributed by atoms with Crippen LogP contribution in [-0.2, 0) is 16.0 Å². The average Bonchev–Trinajstić information content (AvgIpc) is 2.38. The summed E-state index contributed by atoms with van der Waals surface area (Å²) in [6.07, 6.45) is 0.622. The molecule has 1 aliphatic rings. The SMILES string of the molecule is CCOCCN1CC(C(=O)O)Cc2ccccc21. The lowest BCUT2D eigenvalue weighted by Crippen LogP contribution is -2.40. The van der Waals surface area contributed by atoms with E-state index in [1.54, 1.807) is 0 Å². The van der Waals surface area contributed by atoms with Gasteiger partial charge in [0, 0.05) is 25.4 Å². The first kappa shape index (κ1) is 12.9. The molecule has 1 aromatic rings. The number of carbonyl (C=O) groups is 1. The summed E-state index contributed by atoms with van der Waals surface area (Å²) in [4.78, 5) is 13.3. The fraction of sp³-hybridized carbons (Fsp3) is 0.500. The molecule has 1 N–H and O–H groups in total. The van der Waals surface area contributed by atoms with E-state index in [2.05, 4.69) is 11.0 Å². The molecular formula is C14H19NO3. The van der Waals surface area contributed by atoms with E-state index < -0.39 is 5.97 Å². The summed E-state index contributed by atoms with van der Waals surface area (Å²) in [5.41, 5.74) is 2.27. The van der Waals surface area contributed by atoms with Crippen LogP contribution in [0.2, 0.25) is 0 Å². The molecule has 1 aliphatic heterocycles. The minimum Gasteiger partial charge on any atom is -0.481 e. The zero-order valence-electron chi connectivity index (χ0n) is 10.6. The number of anilines is 1. The van der Waals surface area contributed by atoms with E-state index >= 15 is 0 Å². The van der Waals surface area contributed by atoms with Gasteiger partial charge in [0.15, 0.2) is 0 Å². The van der Waals surface area contributed by atoms with Crippen LogP contribution in [0.4, 0.5) is 5.69 Å². The summed E-state index contributed by atoms with van der Waals surface area (Å²) >= 11 is 0. The van der Waals surface area contributed by atoms with E-state index in [0.717, 1.165) is 17.8 Å². The molecule has 0 amide bonds. The Kier molecular flexibility index (Phi) is 4.20. The normalized spacial score (nSPS) is 18.5. The van der Waals surface area contributed by atoms with E-state index in [1.165, 1.54) is 0 Å². The molecule has 0 aromatic heterocycles. The number of fused-ring (bicyclic) bond motifs is 1. The first-order chi connectivity index (χ1) is 8.72. The Morgan fingerprint density at radius 3 is 3.00 bits per heavy atom. The maximum Gasteiger partial charge on any atom is 0.308 e. The topological polar surface area (TPSA) is 49.8 Å². The van der Waals surface area contributed by atoms with Gasteiger partial charge in [-0.25, -0.2) is 0 Å². The van der Waals surface area contributed by atoms with Crippen molar-refractivity contribution in [3.05, 3.63) is 29.8 Å². The van der Waals surface area contributed by atoms with E-state index in [9.17, 15) is 9.90 Å². The largest absolute Gasteiger partial charge is 0.481 e. The van der Waals surface area contributed by atoms with Crippen LogP contribution >= 0.6 is 0 Å². The lowest BCUT2D eigenvalue weighted by atomic mass is 9.92. The molecule has 4 nitrogen and oxygen atoms in total. The van der Waals surface area contributed by atoms with Gasteiger partial charge in [0.1, 0.15) is 0 Å². The van der Waals surface area contributed by atoms with Crippen molar-refractivity contribution in [3.63, 3.8) is 0 Å². The molecule has 98 valence electrons. The highest BCUT2D eigenvalue weighted by Crippen LogP contribution is 2.29. The van der Waals surface area contributed by atoms with Gasteiger partial charge in [-0.3, -0.25) is 4.79 Å². The van der Waals surface area contributed by atoms with Crippen LogP contribution in [0, 0.1) is 5.92 Å². The van der Waals surface area contributed by atoms with Gasteiger partial charge in [-0.05, 0) is 25.0 Å². The standard InChI is InChI=1S/C14H19NO3/c1-2-18-8-7-15-10-12(14(16)17)9-11-5-3-4-6-13(11)15/h3-6,12H,2,7-10H2,1H3,(H,16,17). The quantitative estimate of drug-likeness (QED) is 0.808. The van der Waals surface area contributed by atoms with E-state index in [-0.39, 0.29) is 5.92 Å². The third-order valence-electron chi connectivity index (χ3n) is 3.30. The fourth-order valence-electron chi connectivity index (χ4n) is 2.38. The minimum atomic E-state index is -0.717. The molecule has 1 unspecified atom stereocenters. The molecule has 0 spiro atoms. The molecule has 2 rings (SSSR count). The summed E-state index contributed by atoms with van der Waals surface area (Å²) < 4.78 is 5.36. The molecule has 0 aliphatic carbocycles. The van der Waals surface area contributed by atoms with Gasteiger partial charge in [0.2, 0.25) is 0 Å². The first-order valence-corrected chi connectivity index (χ1v) is 6.35. The Bertz CT molecular complexity index is 419. The highest BCUT2D eigenvalue weighted by atomic mass is 16.5. The molecule has 0 fully saturated rings. The number of carboxylic acids is 1. The number of aliphatic carboxylic acids is 1. The lowest BCUT2D eigenvalue weighted by Gasteiger charge is -2.34. The van der Waals surface area contributed by atoms with Gasteiger partial charge in [-0.1, -0.05) is 18.2 Å². The van der Waals surface area contributed by atoms with Gasteiger partial charge in [0.05, 0.1) is 12.5 Å². The summed E-state index contributed by atoms with van der Waals surface area (Å²) in [5, 5.41) is 9.20. The third kappa shape index (κ3) is 2.82. The zero-order chi connectivity index (χ0) is 13.0.